The van der Waals surface area contributed by atoms with Gasteiger partial charge in [-0.3, -0.25) is 9.59 Å². The van der Waals surface area contributed by atoms with E-state index in [0.717, 1.165) is 70.6 Å². The molecule has 1 unspecified atom stereocenters. The molecule has 0 saturated carbocycles. The molecule has 0 rings (SSSR count). The number of aliphatic carboxylic acids is 1. The molecule has 0 aromatic rings. The van der Waals surface area contributed by atoms with Crippen LogP contribution in [0.3, 0.4) is 0 Å². The zero-order valence-electron chi connectivity index (χ0n) is 31.2. The van der Waals surface area contributed by atoms with E-state index in [0.29, 0.717) is 6.42 Å². The minimum absolute atomic E-state index is 0.0120. The van der Waals surface area contributed by atoms with Crippen LogP contribution in [-0.4, -0.2) is 23.1 Å². The van der Waals surface area contributed by atoms with Crippen molar-refractivity contribution in [2.24, 2.45) is 0 Å². The van der Waals surface area contributed by atoms with Gasteiger partial charge in [-0.2, -0.15) is 0 Å². The lowest BCUT2D eigenvalue weighted by atomic mass is 10.0. The first-order chi connectivity index (χ1) is 22.6. The Morgan fingerprint density at radius 1 is 0.457 bits per heavy atom. The van der Waals surface area contributed by atoms with Crippen molar-refractivity contribution in [1.29, 1.82) is 0 Å². The van der Waals surface area contributed by atoms with E-state index in [9.17, 15) is 9.59 Å². The summed E-state index contributed by atoms with van der Waals surface area (Å²) in [5.41, 5.74) is 0. The molecule has 1 N–H and O–H groups in total. The molecule has 46 heavy (non-hydrogen) atoms. The smallest absolute Gasteiger partial charge is 0.306 e. The molecule has 0 radical (unpaired) electrons. The van der Waals surface area contributed by atoms with Crippen LogP contribution in [0.1, 0.15) is 239 Å². The second-order valence-corrected chi connectivity index (χ2v) is 14.2. The first-order valence-electron chi connectivity index (χ1n) is 20.7. The summed E-state index contributed by atoms with van der Waals surface area (Å²) in [6.07, 6.45) is 46.8. The molecule has 0 saturated heterocycles. The molecule has 0 heterocycles. The first kappa shape index (κ1) is 44.7. The molecule has 4 nitrogen and oxygen atoms in total. The van der Waals surface area contributed by atoms with E-state index in [2.05, 4.69) is 26.0 Å². The molecule has 272 valence electrons. The second kappa shape index (κ2) is 38.1. The van der Waals surface area contributed by atoms with Crippen LogP contribution in [0, 0.1) is 0 Å². The molecule has 0 amide bonds. The highest BCUT2D eigenvalue weighted by Crippen LogP contribution is 2.19. The van der Waals surface area contributed by atoms with Crippen LogP contribution in [0.4, 0.5) is 0 Å². The third-order valence-corrected chi connectivity index (χ3v) is 9.49. The Kier molecular flexibility index (Phi) is 37.0. The maximum absolute atomic E-state index is 12.6. The van der Waals surface area contributed by atoms with Crippen molar-refractivity contribution in [2.45, 2.75) is 245 Å². The third kappa shape index (κ3) is 37.1. The largest absolute Gasteiger partial charge is 0.481 e. The van der Waals surface area contributed by atoms with E-state index in [1.165, 1.54) is 141 Å². The molecule has 4 heteroatoms. The maximum Gasteiger partial charge on any atom is 0.306 e. The number of carboxylic acids is 1. The van der Waals surface area contributed by atoms with Crippen molar-refractivity contribution in [3.05, 3.63) is 12.2 Å². The van der Waals surface area contributed by atoms with Gasteiger partial charge in [0.15, 0.2) is 0 Å². The third-order valence-electron chi connectivity index (χ3n) is 9.49. The van der Waals surface area contributed by atoms with Crippen LogP contribution >= 0.6 is 0 Å². The van der Waals surface area contributed by atoms with Gasteiger partial charge in [0.1, 0.15) is 6.10 Å². The number of carbonyl (C=O) groups is 2. The molecule has 0 aromatic heterocycles. The van der Waals surface area contributed by atoms with E-state index >= 15 is 0 Å². The molecular weight excluding hydrogens is 568 g/mol. The lowest BCUT2D eigenvalue weighted by molar-refractivity contribution is -0.150. The van der Waals surface area contributed by atoms with Crippen molar-refractivity contribution in [1.82, 2.24) is 0 Å². The number of ether oxygens (including phenoxy) is 1. The van der Waals surface area contributed by atoms with Crippen molar-refractivity contribution >= 4 is 11.9 Å². The maximum atomic E-state index is 12.6. The van der Waals surface area contributed by atoms with Crippen LogP contribution < -0.4 is 0 Å². The summed E-state index contributed by atoms with van der Waals surface area (Å²) in [7, 11) is 0. The molecule has 0 aliphatic heterocycles. The highest BCUT2D eigenvalue weighted by molar-refractivity contribution is 5.69. The van der Waals surface area contributed by atoms with E-state index < -0.39 is 5.97 Å². The lowest BCUT2D eigenvalue weighted by Crippen LogP contribution is -2.18. The van der Waals surface area contributed by atoms with Gasteiger partial charge in [0.25, 0.3) is 0 Å². The molecule has 0 aromatic carbocycles. The van der Waals surface area contributed by atoms with Crippen LogP contribution in [0.5, 0.6) is 0 Å². The van der Waals surface area contributed by atoms with Crippen LogP contribution in [0.15, 0.2) is 12.2 Å². The van der Waals surface area contributed by atoms with Crippen molar-refractivity contribution in [3.8, 4) is 0 Å². The fourth-order valence-corrected chi connectivity index (χ4v) is 6.42. The highest BCUT2D eigenvalue weighted by atomic mass is 16.5. The Balaban J connectivity index is 3.76. The average Bonchev–Trinajstić information content (AvgIpc) is 3.04. The summed E-state index contributed by atoms with van der Waals surface area (Å²) in [4.78, 5) is 23.3. The summed E-state index contributed by atoms with van der Waals surface area (Å²) in [5.74, 6) is -0.679. The number of carboxylic acid groups (broad SMARTS) is 1. The number of allylic oxidation sites excluding steroid dienone is 2. The SMILES string of the molecule is CCCCCCCC/C=C\CCCCCCCCCCCCCC(=O)OC(CCCCCCCC)CCCCCCCCC(=O)O. The van der Waals surface area contributed by atoms with Gasteiger partial charge in [0, 0.05) is 12.8 Å². The quantitative estimate of drug-likeness (QED) is 0.0411. The lowest BCUT2D eigenvalue weighted by Gasteiger charge is -2.18. The Morgan fingerprint density at radius 2 is 0.783 bits per heavy atom. The Morgan fingerprint density at radius 3 is 1.17 bits per heavy atom. The predicted octanol–water partition coefficient (Wildman–Crippen LogP) is 14.2. The van der Waals surface area contributed by atoms with Gasteiger partial charge < -0.3 is 9.84 Å². The van der Waals surface area contributed by atoms with E-state index in [4.69, 9.17) is 9.84 Å². The number of rotatable bonds is 38. The summed E-state index contributed by atoms with van der Waals surface area (Å²) in [6, 6.07) is 0. The Bertz CT molecular complexity index is 658. The van der Waals surface area contributed by atoms with Gasteiger partial charge in [-0.15, -0.1) is 0 Å². The summed E-state index contributed by atoms with van der Waals surface area (Å²) in [6.45, 7) is 4.53. The molecule has 1 atom stereocenters. The molecular formula is C42H80O4. The van der Waals surface area contributed by atoms with Crippen LogP contribution in [0.2, 0.25) is 0 Å². The predicted molar refractivity (Wildman–Crippen MR) is 200 cm³/mol. The minimum Gasteiger partial charge on any atom is -0.481 e. The summed E-state index contributed by atoms with van der Waals surface area (Å²) in [5, 5.41) is 8.76. The monoisotopic (exact) mass is 649 g/mol. The molecule has 0 fully saturated rings. The van der Waals surface area contributed by atoms with E-state index in [-0.39, 0.29) is 18.5 Å². The molecule has 0 aliphatic carbocycles. The number of hydrogen-bond donors (Lipinski definition) is 1. The molecule has 0 spiro atoms. The standard InChI is InChI=1S/C42H80O4/c1-3-5-7-9-11-12-13-14-15-16-17-18-19-20-21-22-23-24-25-31-35-39-42(45)46-40(36-32-28-10-8-6-4-2)37-33-29-26-27-30-34-38-41(43)44/h14-15,40H,3-13,16-39H2,1-2H3,(H,43,44)/b15-14-. The summed E-state index contributed by atoms with van der Waals surface area (Å²) < 4.78 is 5.99. The number of carbonyl (C=O) groups excluding carboxylic acids is 1. The van der Waals surface area contributed by atoms with Crippen molar-refractivity contribution < 1.29 is 19.4 Å². The van der Waals surface area contributed by atoms with E-state index in [1.807, 2.05) is 0 Å². The first-order valence-corrected chi connectivity index (χ1v) is 20.7. The van der Waals surface area contributed by atoms with Crippen LogP contribution in [0.25, 0.3) is 0 Å². The van der Waals surface area contributed by atoms with Gasteiger partial charge >= 0.3 is 11.9 Å². The number of esters is 1. The van der Waals surface area contributed by atoms with Crippen molar-refractivity contribution in [3.63, 3.8) is 0 Å². The second-order valence-electron chi connectivity index (χ2n) is 14.2. The number of hydrogen-bond acceptors (Lipinski definition) is 3. The van der Waals surface area contributed by atoms with Gasteiger partial charge in [-0.1, -0.05) is 174 Å². The van der Waals surface area contributed by atoms with Gasteiger partial charge in [-0.05, 0) is 64.2 Å². The minimum atomic E-state index is -0.691. The number of unbranched alkanes of at least 4 members (excludes halogenated alkanes) is 27. The molecule has 0 bridgehead atoms. The normalized spacial score (nSPS) is 12.2. The van der Waals surface area contributed by atoms with Gasteiger partial charge in [-0.25, -0.2) is 0 Å². The zero-order valence-corrected chi connectivity index (χ0v) is 31.2. The summed E-state index contributed by atoms with van der Waals surface area (Å²) >= 11 is 0. The average molecular weight is 649 g/mol. The van der Waals surface area contributed by atoms with Crippen LogP contribution in [-0.2, 0) is 14.3 Å². The fraction of sp³-hybridized carbons (Fsp3) is 0.905. The van der Waals surface area contributed by atoms with Gasteiger partial charge in [0.05, 0.1) is 0 Å². The zero-order chi connectivity index (χ0) is 33.6. The highest BCUT2D eigenvalue weighted by Gasteiger charge is 2.14. The Labute approximate surface area is 287 Å². The fourth-order valence-electron chi connectivity index (χ4n) is 6.42. The van der Waals surface area contributed by atoms with Crippen molar-refractivity contribution in [2.75, 3.05) is 0 Å². The topological polar surface area (TPSA) is 63.6 Å². The van der Waals surface area contributed by atoms with E-state index in [1.54, 1.807) is 0 Å². The van der Waals surface area contributed by atoms with Gasteiger partial charge in [0.2, 0.25) is 0 Å². The Hall–Kier alpha value is -1.32. The molecule has 0 aliphatic rings.